The maximum absolute atomic E-state index is 13.7. The van der Waals surface area contributed by atoms with Gasteiger partial charge in [-0.3, -0.25) is 14.4 Å². The van der Waals surface area contributed by atoms with Crippen molar-refractivity contribution in [1.29, 1.82) is 0 Å². The fourth-order valence-electron chi connectivity index (χ4n) is 14.3. The number of aliphatic hydroxyl groups excluding tert-OH is 16. The zero-order valence-corrected chi connectivity index (χ0v) is 63.8. The normalized spacial score (nSPS) is 34.3. The largest absolute Gasteiger partial charge is 0.544 e. The van der Waals surface area contributed by atoms with Crippen molar-refractivity contribution in [1.82, 2.24) is 22.1 Å². The quantitative estimate of drug-likeness (QED) is 0.0231. The van der Waals surface area contributed by atoms with Crippen LogP contribution in [0.4, 0.5) is 0 Å². The van der Waals surface area contributed by atoms with Crippen molar-refractivity contribution in [2.45, 2.75) is 385 Å². The predicted octanol–water partition coefficient (Wildman–Crippen LogP) is -2.00. The van der Waals surface area contributed by atoms with E-state index in [9.17, 15) is 106 Å². The standard InChI is InChI=1S/C73H131N3O31.H3N/c1-5-7-9-11-13-15-17-19-20-22-24-26-28-30-32-34-52(87)76-44(45(84)33-31-29-27-25-23-21-18-16-14-12-10-8-6-2)41-98-69-61(94)59(92)63(50(39-80)101-69)103-71-62(95)67(107-73(72(96)97)35-46(85)53(74-42(3)82)66(106-73)55(88)47(86)36-77)64(51(40-81)102-71)104-68-54(75-43(4)83)65(57(90)49(38-79)99-68)105-70-60(93)58(91)56(89)48(37-78)100-70;/h31,33,44-51,53-71,77-81,84-86,88-95H,5-30,32,34-41H2,1-4H3,(H,74,82)(H,75,83)(H,76,87)(H,96,97);1H3/b33-31+;/t44-,45+,46?,47?,48?,49?,50?,51?,53?,54?,55?,56?,57?,58?,59?,60?,61?,62?,63?,64?,65?,66?,67?,68?,69?,70?,71?,73?;/m0./s1. The molecule has 108 heavy (non-hydrogen) atoms. The first kappa shape index (κ1) is 96.9. The Hall–Kier alpha value is -3.46. The number of amides is 3. The first-order valence-electron chi connectivity index (χ1n) is 39.1. The zero-order valence-electron chi connectivity index (χ0n) is 63.8. The summed E-state index contributed by atoms with van der Waals surface area (Å²) in [7, 11) is 0. The second-order valence-electron chi connectivity index (χ2n) is 29.3. The number of hydrogen-bond donors (Lipinski definition) is 20. The molecule has 0 spiro atoms. The summed E-state index contributed by atoms with van der Waals surface area (Å²) in [5.74, 6) is -8.10. The minimum Gasteiger partial charge on any atom is -0.544 e. The fraction of sp³-hybridized carbons (Fsp3) is 0.918. The van der Waals surface area contributed by atoms with Crippen LogP contribution < -0.4 is 27.2 Å². The molecule has 5 rings (SSSR count). The number of carbonyl (C=O) groups is 4. The number of quaternary nitrogens is 1. The van der Waals surface area contributed by atoms with Gasteiger partial charge in [-0.05, 0) is 19.3 Å². The van der Waals surface area contributed by atoms with Crippen LogP contribution in [0.3, 0.4) is 0 Å². The van der Waals surface area contributed by atoms with E-state index in [2.05, 4.69) is 29.8 Å². The van der Waals surface area contributed by atoms with E-state index in [-0.39, 0.29) is 18.5 Å². The van der Waals surface area contributed by atoms with Crippen molar-refractivity contribution in [3.8, 4) is 0 Å². The Bertz CT molecular complexity index is 2510. The van der Waals surface area contributed by atoms with E-state index in [1.54, 1.807) is 0 Å². The van der Waals surface area contributed by atoms with Crippen molar-refractivity contribution in [2.75, 3.05) is 39.6 Å². The maximum atomic E-state index is 13.7. The Balaban J connectivity index is 0.0000246. The van der Waals surface area contributed by atoms with Gasteiger partial charge in [0, 0.05) is 26.7 Å². The molecule has 35 nitrogen and oxygen atoms in total. The summed E-state index contributed by atoms with van der Waals surface area (Å²) in [5, 5.41) is 199. The number of aliphatic carboxylic acids is 1. The maximum Gasteiger partial charge on any atom is 0.220 e. The molecule has 35 heteroatoms. The van der Waals surface area contributed by atoms with E-state index in [1.165, 1.54) is 109 Å². The van der Waals surface area contributed by atoms with Crippen molar-refractivity contribution in [3.63, 3.8) is 0 Å². The fourth-order valence-corrected chi connectivity index (χ4v) is 14.3. The van der Waals surface area contributed by atoms with E-state index in [0.717, 1.165) is 71.6 Å². The van der Waals surface area contributed by atoms with Gasteiger partial charge in [-0.1, -0.05) is 180 Å². The molecule has 3 amide bonds. The van der Waals surface area contributed by atoms with Gasteiger partial charge in [0.1, 0.15) is 122 Å². The summed E-state index contributed by atoms with van der Waals surface area (Å²) in [4.78, 5) is 52.8. The van der Waals surface area contributed by atoms with Gasteiger partial charge in [-0.15, -0.1) is 0 Å². The lowest BCUT2D eigenvalue weighted by Gasteiger charge is -2.54. The molecule has 0 aromatic carbocycles. The highest BCUT2D eigenvalue weighted by Gasteiger charge is 2.61. The third-order valence-corrected chi connectivity index (χ3v) is 20.6. The summed E-state index contributed by atoms with van der Waals surface area (Å²) in [5.41, 5.74) is 0. The molecule has 0 aliphatic carbocycles. The number of allylic oxidation sites excluding steroid dienone is 1. The molecule has 5 saturated heterocycles. The van der Waals surface area contributed by atoms with E-state index in [0.29, 0.717) is 12.8 Å². The number of unbranched alkanes of at least 4 members (excludes halogenated alkanes) is 25. The van der Waals surface area contributed by atoms with E-state index in [4.69, 9.17) is 47.4 Å². The molecule has 0 aromatic heterocycles. The van der Waals surface area contributed by atoms with E-state index in [1.807, 2.05) is 6.08 Å². The second kappa shape index (κ2) is 51.4. The SMILES string of the molecule is CCCCCCCCCCCCC/C=C/[C@@H](O)[C@H](COC1OC(CO)C(OC2OC(CO)C(OC3OC(CO)C(O)C(OC4OC(CO)C(O)C(O)C4O)C3NC(C)=O)C(OC3(C(=O)[O-])CC(O)C(NC(C)=O)C(C(O)C(O)CO)O3)C2O)C(O)C1O)NC(=O)CCCCCCCCCCCCCCCCC.[NH4+]. The van der Waals surface area contributed by atoms with Crippen molar-refractivity contribution in [3.05, 3.63) is 12.2 Å². The Kier molecular flexibility index (Phi) is 46.1. The van der Waals surface area contributed by atoms with Gasteiger partial charge >= 0.3 is 0 Å². The molecular weight excluding hydrogens is 1430 g/mol. The Morgan fingerprint density at radius 1 is 0.500 bits per heavy atom. The van der Waals surface area contributed by atoms with Gasteiger partial charge in [0.25, 0.3) is 0 Å². The molecule has 0 saturated carbocycles. The van der Waals surface area contributed by atoms with Crippen LogP contribution in [0.15, 0.2) is 12.2 Å². The molecule has 0 radical (unpaired) electrons. The minimum absolute atomic E-state index is 0. The lowest BCUT2D eigenvalue weighted by molar-refractivity contribution is -0.421. The number of rotatable bonds is 52. The predicted molar refractivity (Wildman–Crippen MR) is 382 cm³/mol. The van der Waals surface area contributed by atoms with Crippen LogP contribution in [-0.2, 0) is 66.5 Å². The third kappa shape index (κ3) is 29.7. The van der Waals surface area contributed by atoms with Gasteiger partial charge < -0.3 is 161 Å². The van der Waals surface area contributed by atoms with Crippen molar-refractivity contribution in [2.24, 2.45) is 0 Å². The summed E-state index contributed by atoms with van der Waals surface area (Å²) < 4.78 is 59.9. The number of hydrogen-bond acceptors (Lipinski definition) is 31. The number of ether oxygens (including phenoxy) is 10. The Morgan fingerprint density at radius 3 is 1.44 bits per heavy atom. The van der Waals surface area contributed by atoms with Crippen LogP contribution in [0.2, 0.25) is 0 Å². The van der Waals surface area contributed by atoms with Crippen LogP contribution >= 0.6 is 0 Å². The molecule has 5 heterocycles. The summed E-state index contributed by atoms with van der Waals surface area (Å²) >= 11 is 0. The average Bonchev–Trinajstić information content (AvgIpc) is 0.750. The Morgan fingerprint density at radius 2 is 0.935 bits per heavy atom. The summed E-state index contributed by atoms with van der Waals surface area (Å²) in [6.07, 6.45) is -17.3. The van der Waals surface area contributed by atoms with Crippen molar-refractivity contribution < 1.29 is 153 Å². The van der Waals surface area contributed by atoms with Gasteiger partial charge in [0.2, 0.25) is 23.5 Å². The number of carboxylic acid groups (broad SMARTS) is 1. The Labute approximate surface area is 633 Å². The molecule has 0 aromatic rings. The average molecular weight is 1560 g/mol. The van der Waals surface area contributed by atoms with Crippen LogP contribution in [0.25, 0.3) is 0 Å². The van der Waals surface area contributed by atoms with Gasteiger partial charge in [0.05, 0.1) is 63.9 Å². The van der Waals surface area contributed by atoms with Gasteiger partial charge in [-0.2, -0.15) is 0 Å². The van der Waals surface area contributed by atoms with Gasteiger partial charge in [0.15, 0.2) is 25.2 Å². The van der Waals surface area contributed by atoms with E-state index >= 15 is 0 Å². The highest BCUT2D eigenvalue weighted by molar-refractivity contribution is 5.76. The molecule has 632 valence electrons. The van der Waals surface area contributed by atoms with Crippen LogP contribution in [0.5, 0.6) is 0 Å². The van der Waals surface area contributed by atoms with Crippen LogP contribution in [0, 0.1) is 0 Å². The zero-order chi connectivity index (χ0) is 78.8. The van der Waals surface area contributed by atoms with E-state index < -0.39 is 235 Å². The lowest BCUT2D eigenvalue weighted by atomic mass is 9.88. The molecule has 5 fully saturated rings. The molecule has 26 unspecified atom stereocenters. The minimum atomic E-state index is -3.49. The second-order valence-corrected chi connectivity index (χ2v) is 29.3. The lowest BCUT2D eigenvalue weighted by Crippen LogP contribution is -2.73. The molecule has 23 N–H and O–H groups in total. The highest BCUT2D eigenvalue weighted by Crippen LogP contribution is 2.41. The smallest absolute Gasteiger partial charge is 0.220 e. The first-order valence-corrected chi connectivity index (χ1v) is 39.1. The molecule has 28 atom stereocenters. The third-order valence-electron chi connectivity index (χ3n) is 20.6. The molecule has 5 aliphatic rings. The summed E-state index contributed by atoms with van der Waals surface area (Å²) in [6, 6.07) is -4.85. The topological polar surface area (TPSA) is 580 Å². The molecule has 5 aliphatic heterocycles. The first-order chi connectivity index (χ1) is 51.3. The highest BCUT2D eigenvalue weighted by atomic mass is 16.8. The monoisotopic (exact) mass is 1560 g/mol. The van der Waals surface area contributed by atoms with Crippen molar-refractivity contribution >= 4 is 23.7 Å². The number of carboxylic acids is 1. The molecule has 0 bridgehead atoms. The number of aliphatic hydroxyl groups is 16. The number of carbonyl (C=O) groups excluding carboxylic acids is 4. The summed E-state index contributed by atoms with van der Waals surface area (Å²) in [6.45, 7) is 0.239. The van der Waals surface area contributed by atoms with Crippen LogP contribution in [-0.4, -0.2) is 316 Å². The number of nitrogens with one attached hydrogen (secondary N) is 3. The molecular formula is C73H134N4O31. The van der Waals surface area contributed by atoms with Crippen LogP contribution in [0.1, 0.15) is 214 Å². The van der Waals surface area contributed by atoms with Gasteiger partial charge in [-0.25, -0.2) is 0 Å².